The average molecular weight is 739 g/mol. The maximum atomic E-state index is 2.45. The van der Waals surface area contributed by atoms with Crippen LogP contribution in [0.2, 0.25) is 0 Å². The van der Waals surface area contributed by atoms with E-state index in [0.29, 0.717) is 0 Å². The lowest BCUT2D eigenvalue weighted by molar-refractivity contribution is 1.18. The molecule has 272 valence electrons. The van der Waals surface area contributed by atoms with Gasteiger partial charge >= 0.3 is 0 Å². The molecule has 0 saturated heterocycles. The van der Waals surface area contributed by atoms with E-state index in [2.05, 4.69) is 240 Å². The molecule has 0 spiro atoms. The molecule has 0 amide bonds. The molecule has 0 bridgehead atoms. The summed E-state index contributed by atoms with van der Waals surface area (Å²) >= 11 is 0. The standard InChI is InChI=1S/C56H38N2/c1-3-17-41(18-4-1)50-23-11-13-25-54(50)57(48-32-34-52-51-24-12-14-26-55(51)58(56(52)38-48)46-21-5-2-6-22-46)47-31-33-49(44-29-27-39-15-7-9-19-42(39)35-44)53(37-47)45-30-28-40-16-8-10-20-43(40)36-45/h1-38H. The molecule has 0 aliphatic heterocycles. The number of rotatable bonds is 7. The maximum Gasteiger partial charge on any atom is 0.0561 e. The lowest BCUT2D eigenvalue weighted by Crippen LogP contribution is -2.12. The molecule has 58 heavy (non-hydrogen) atoms. The molecule has 0 unspecified atom stereocenters. The van der Waals surface area contributed by atoms with Gasteiger partial charge in [0.05, 0.1) is 16.7 Å². The highest BCUT2D eigenvalue weighted by Gasteiger charge is 2.22. The first kappa shape index (κ1) is 33.6. The lowest BCUT2D eigenvalue weighted by atomic mass is 9.91. The highest BCUT2D eigenvalue weighted by Crippen LogP contribution is 2.46. The Kier molecular flexibility index (Phi) is 8.19. The van der Waals surface area contributed by atoms with E-state index in [0.717, 1.165) is 33.8 Å². The average Bonchev–Trinajstić information content (AvgIpc) is 3.63. The van der Waals surface area contributed by atoms with Crippen LogP contribution >= 0.6 is 0 Å². The highest BCUT2D eigenvalue weighted by atomic mass is 15.1. The van der Waals surface area contributed by atoms with Gasteiger partial charge in [-0.2, -0.15) is 0 Å². The number of nitrogens with zero attached hydrogens (tertiary/aromatic N) is 2. The van der Waals surface area contributed by atoms with Crippen LogP contribution in [0.25, 0.3) is 82.4 Å². The van der Waals surface area contributed by atoms with Crippen LogP contribution in [0, 0.1) is 0 Å². The van der Waals surface area contributed by atoms with Crippen LogP contribution < -0.4 is 4.90 Å². The van der Waals surface area contributed by atoms with Crippen molar-refractivity contribution in [2.24, 2.45) is 0 Å². The second-order valence-electron chi connectivity index (χ2n) is 15.0. The van der Waals surface area contributed by atoms with E-state index >= 15 is 0 Å². The Morgan fingerprint density at radius 2 is 0.845 bits per heavy atom. The zero-order chi connectivity index (χ0) is 38.4. The number of para-hydroxylation sites is 3. The van der Waals surface area contributed by atoms with Gasteiger partial charge in [-0.05, 0) is 110 Å². The molecular weight excluding hydrogens is 701 g/mol. The lowest BCUT2D eigenvalue weighted by Gasteiger charge is -2.29. The fourth-order valence-corrected chi connectivity index (χ4v) is 8.79. The van der Waals surface area contributed by atoms with Gasteiger partial charge in [-0.15, -0.1) is 0 Å². The first-order valence-electron chi connectivity index (χ1n) is 19.9. The highest BCUT2D eigenvalue weighted by molar-refractivity contribution is 6.10. The molecule has 0 aliphatic carbocycles. The maximum absolute atomic E-state index is 2.45. The summed E-state index contributed by atoms with van der Waals surface area (Å²) in [7, 11) is 0. The fourth-order valence-electron chi connectivity index (χ4n) is 8.79. The van der Waals surface area contributed by atoms with E-state index in [9.17, 15) is 0 Å². The molecule has 0 atom stereocenters. The third-order valence-corrected chi connectivity index (χ3v) is 11.5. The SMILES string of the molecule is c1ccc(-c2ccccc2N(c2ccc(-c3ccc4ccccc4c3)c(-c3ccc4ccccc4c3)c2)c2ccc3c4ccccc4n(-c4ccccc4)c3c2)cc1. The van der Waals surface area contributed by atoms with Gasteiger partial charge in [-0.3, -0.25) is 0 Å². The Labute approximate surface area is 338 Å². The number of hydrogen-bond donors (Lipinski definition) is 0. The summed E-state index contributed by atoms with van der Waals surface area (Å²) in [6, 6.07) is 83.9. The summed E-state index contributed by atoms with van der Waals surface area (Å²) in [6.07, 6.45) is 0. The van der Waals surface area contributed by atoms with Crippen molar-refractivity contribution in [2.75, 3.05) is 4.90 Å². The smallest absolute Gasteiger partial charge is 0.0561 e. The molecule has 1 aromatic heterocycles. The van der Waals surface area contributed by atoms with Crippen molar-refractivity contribution in [3.05, 3.63) is 231 Å². The van der Waals surface area contributed by atoms with E-state index in [1.54, 1.807) is 0 Å². The first-order chi connectivity index (χ1) is 28.8. The Hall–Kier alpha value is -7.68. The molecule has 0 saturated carbocycles. The molecular formula is C56H38N2. The van der Waals surface area contributed by atoms with Crippen LogP contribution in [0.3, 0.4) is 0 Å². The zero-order valence-corrected chi connectivity index (χ0v) is 31.8. The predicted molar refractivity (Wildman–Crippen MR) is 247 cm³/mol. The molecule has 11 aromatic rings. The van der Waals surface area contributed by atoms with Gasteiger partial charge in [0, 0.05) is 33.4 Å². The Morgan fingerprint density at radius 3 is 1.59 bits per heavy atom. The minimum absolute atomic E-state index is 1.08. The van der Waals surface area contributed by atoms with E-state index in [1.165, 1.54) is 65.7 Å². The second kappa shape index (κ2) is 14.1. The molecule has 11 rings (SSSR count). The molecule has 0 aliphatic rings. The largest absolute Gasteiger partial charge is 0.310 e. The van der Waals surface area contributed by atoms with Gasteiger partial charge in [-0.25, -0.2) is 0 Å². The molecule has 0 N–H and O–H groups in total. The number of benzene rings is 10. The van der Waals surface area contributed by atoms with Gasteiger partial charge in [0.2, 0.25) is 0 Å². The molecule has 2 nitrogen and oxygen atoms in total. The van der Waals surface area contributed by atoms with E-state index in [4.69, 9.17) is 0 Å². The number of fused-ring (bicyclic) bond motifs is 5. The van der Waals surface area contributed by atoms with Crippen molar-refractivity contribution in [2.45, 2.75) is 0 Å². The van der Waals surface area contributed by atoms with Crippen molar-refractivity contribution < 1.29 is 0 Å². The van der Waals surface area contributed by atoms with Crippen LogP contribution in [-0.4, -0.2) is 4.57 Å². The predicted octanol–water partition coefficient (Wildman–Crippen LogP) is 15.6. The molecule has 2 heteroatoms. The van der Waals surface area contributed by atoms with Crippen molar-refractivity contribution >= 4 is 60.4 Å². The van der Waals surface area contributed by atoms with Crippen LogP contribution in [0.5, 0.6) is 0 Å². The zero-order valence-electron chi connectivity index (χ0n) is 31.8. The summed E-state index contributed by atoms with van der Waals surface area (Å²) in [5.41, 5.74) is 13.8. The van der Waals surface area contributed by atoms with Gasteiger partial charge in [-0.1, -0.05) is 170 Å². The van der Waals surface area contributed by atoms with Crippen molar-refractivity contribution in [1.29, 1.82) is 0 Å². The number of anilines is 3. The van der Waals surface area contributed by atoms with Gasteiger partial charge in [0.1, 0.15) is 0 Å². The van der Waals surface area contributed by atoms with Crippen LogP contribution in [-0.2, 0) is 0 Å². The Balaban J connectivity index is 1.19. The molecule has 1 heterocycles. The van der Waals surface area contributed by atoms with Crippen LogP contribution in [0.1, 0.15) is 0 Å². The minimum atomic E-state index is 1.08. The van der Waals surface area contributed by atoms with Crippen molar-refractivity contribution in [1.82, 2.24) is 4.57 Å². The van der Waals surface area contributed by atoms with E-state index in [1.807, 2.05) is 0 Å². The molecule has 0 radical (unpaired) electrons. The fraction of sp³-hybridized carbons (Fsp3) is 0. The van der Waals surface area contributed by atoms with Gasteiger partial charge in [0.25, 0.3) is 0 Å². The Morgan fingerprint density at radius 1 is 0.293 bits per heavy atom. The minimum Gasteiger partial charge on any atom is -0.310 e. The van der Waals surface area contributed by atoms with Gasteiger partial charge in [0.15, 0.2) is 0 Å². The summed E-state index contributed by atoms with van der Waals surface area (Å²) in [5, 5.41) is 7.39. The third kappa shape index (κ3) is 5.82. The normalized spacial score (nSPS) is 11.4. The van der Waals surface area contributed by atoms with Crippen LogP contribution in [0.15, 0.2) is 231 Å². The van der Waals surface area contributed by atoms with E-state index < -0.39 is 0 Å². The summed E-state index contributed by atoms with van der Waals surface area (Å²) < 4.78 is 2.40. The van der Waals surface area contributed by atoms with Crippen LogP contribution in [0.4, 0.5) is 17.1 Å². The van der Waals surface area contributed by atoms with Crippen molar-refractivity contribution in [3.8, 4) is 39.1 Å². The first-order valence-corrected chi connectivity index (χ1v) is 19.9. The van der Waals surface area contributed by atoms with Gasteiger partial charge < -0.3 is 9.47 Å². The molecule has 0 fully saturated rings. The monoisotopic (exact) mass is 738 g/mol. The summed E-state index contributed by atoms with van der Waals surface area (Å²) in [5.74, 6) is 0. The van der Waals surface area contributed by atoms with Crippen molar-refractivity contribution in [3.63, 3.8) is 0 Å². The number of hydrogen-bond acceptors (Lipinski definition) is 1. The third-order valence-electron chi connectivity index (χ3n) is 11.5. The topological polar surface area (TPSA) is 8.17 Å². The summed E-state index contributed by atoms with van der Waals surface area (Å²) in [4.78, 5) is 2.45. The second-order valence-corrected chi connectivity index (χ2v) is 15.0. The summed E-state index contributed by atoms with van der Waals surface area (Å²) in [6.45, 7) is 0. The van der Waals surface area contributed by atoms with E-state index in [-0.39, 0.29) is 0 Å². The Bertz CT molecular complexity index is 3290. The number of aromatic nitrogens is 1. The molecule has 10 aromatic carbocycles. The quantitative estimate of drug-likeness (QED) is 0.158.